The van der Waals surface area contributed by atoms with Crippen LogP contribution in [0, 0.1) is 12.8 Å². The molecule has 2 heteroatoms. The van der Waals surface area contributed by atoms with Gasteiger partial charge in [0, 0.05) is 16.2 Å². The lowest BCUT2D eigenvalue weighted by Crippen LogP contribution is -2.18. The van der Waals surface area contributed by atoms with Gasteiger partial charge < -0.3 is 5.32 Å². The molecule has 0 bridgehead atoms. The Hall–Kier alpha value is -0.500. The molecule has 1 aromatic carbocycles. The van der Waals surface area contributed by atoms with E-state index in [1.54, 1.807) is 0 Å². The van der Waals surface area contributed by atoms with Gasteiger partial charge in [-0.3, -0.25) is 0 Å². The van der Waals surface area contributed by atoms with E-state index in [0.717, 1.165) is 5.92 Å². The highest BCUT2D eigenvalue weighted by Gasteiger charge is 2.15. The van der Waals surface area contributed by atoms with Crippen LogP contribution in [-0.4, -0.2) is 6.04 Å². The summed E-state index contributed by atoms with van der Waals surface area (Å²) in [5, 5.41) is 3.68. The van der Waals surface area contributed by atoms with E-state index in [4.69, 9.17) is 0 Å². The lowest BCUT2D eigenvalue weighted by Gasteiger charge is -2.18. The number of anilines is 1. The summed E-state index contributed by atoms with van der Waals surface area (Å²) < 4.78 is 1.20. The maximum Gasteiger partial charge on any atom is 0.0353 e. The zero-order valence-corrected chi connectivity index (χ0v) is 12.4. The molecule has 1 N–H and O–H groups in total. The van der Waals surface area contributed by atoms with Crippen molar-refractivity contribution >= 4 is 21.6 Å². The molecule has 0 spiro atoms. The van der Waals surface area contributed by atoms with Gasteiger partial charge in [0.25, 0.3) is 0 Å². The molecule has 1 nitrogen and oxygen atoms in total. The topological polar surface area (TPSA) is 12.0 Å². The van der Waals surface area contributed by atoms with Crippen molar-refractivity contribution in [3.63, 3.8) is 0 Å². The van der Waals surface area contributed by atoms with E-state index in [1.165, 1.54) is 47.8 Å². The third-order valence-corrected chi connectivity index (χ3v) is 4.65. The first-order valence-electron chi connectivity index (χ1n) is 6.68. The van der Waals surface area contributed by atoms with Crippen molar-refractivity contribution in [2.24, 2.45) is 5.92 Å². The van der Waals surface area contributed by atoms with Gasteiger partial charge in [-0.25, -0.2) is 0 Å². The zero-order valence-electron chi connectivity index (χ0n) is 10.8. The highest BCUT2D eigenvalue weighted by atomic mass is 79.9. The number of benzene rings is 1. The fourth-order valence-electron chi connectivity index (χ4n) is 2.55. The summed E-state index contributed by atoms with van der Waals surface area (Å²) in [6.45, 7) is 4.51. The fourth-order valence-corrected chi connectivity index (χ4v) is 2.93. The molecule has 1 aliphatic carbocycles. The van der Waals surface area contributed by atoms with Gasteiger partial charge in [-0.2, -0.15) is 0 Å². The minimum absolute atomic E-state index is 0.662. The Balaban J connectivity index is 1.97. The molecule has 2 unspecified atom stereocenters. The molecule has 0 radical (unpaired) electrons. The van der Waals surface area contributed by atoms with Crippen molar-refractivity contribution in [2.75, 3.05) is 5.32 Å². The van der Waals surface area contributed by atoms with E-state index in [1.807, 2.05) is 0 Å². The molecule has 0 saturated heterocycles. The summed E-state index contributed by atoms with van der Waals surface area (Å²) in [7, 11) is 0. The minimum Gasteiger partial charge on any atom is -0.382 e. The number of hydrogen-bond acceptors (Lipinski definition) is 1. The highest BCUT2D eigenvalue weighted by Crippen LogP contribution is 2.26. The number of aryl methyl sites for hydroxylation is 1. The van der Waals surface area contributed by atoms with E-state index in [2.05, 4.69) is 53.3 Å². The van der Waals surface area contributed by atoms with Crippen LogP contribution in [0.2, 0.25) is 0 Å². The zero-order chi connectivity index (χ0) is 12.3. The van der Waals surface area contributed by atoms with Gasteiger partial charge in [-0.1, -0.05) is 41.8 Å². The monoisotopic (exact) mass is 295 g/mol. The average molecular weight is 296 g/mol. The Bertz CT molecular complexity index is 375. The first-order chi connectivity index (χ1) is 8.15. The number of halogens is 1. The normalized spacial score (nSPS) is 25.4. The van der Waals surface area contributed by atoms with Crippen LogP contribution in [0.25, 0.3) is 0 Å². The summed E-state index contributed by atoms with van der Waals surface area (Å²) in [6.07, 6.45) is 6.76. The third kappa shape index (κ3) is 3.74. The number of nitrogens with one attached hydrogen (secondary N) is 1. The molecule has 2 rings (SSSR count). The summed E-state index contributed by atoms with van der Waals surface area (Å²) in [5.74, 6) is 0.909. The maximum absolute atomic E-state index is 3.68. The molecule has 1 aromatic rings. The van der Waals surface area contributed by atoms with Crippen LogP contribution >= 0.6 is 15.9 Å². The van der Waals surface area contributed by atoms with Crippen molar-refractivity contribution in [1.29, 1.82) is 0 Å². The largest absolute Gasteiger partial charge is 0.382 e. The molecule has 1 fully saturated rings. The minimum atomic E-state index is 0.662. The molecule has 1 saturated carbocycles. The molecule has 0 amide bonds. The van der Waals surface area contributed by atoms with Crippen LogP contribution in [0.3, 0.4) is 0 Å². The van der Waals surface area contributed by atoms with E-state index >= 15 is 0 Å². The Morgan fingerprint density at radius 1 is 1.18 bits per heavy atom. The average Bonchev–Trinajstić information content (AvgIpc) is 2.49. The smallest absolute Gasteiger partial charge is 0.0353 e. The van der Waals surface area contributed by atoms with Crippen LogP contribution in [0.5, 0.6) is 0 Å². The molecule has 2 atom stereocenters. The van der Waals surface area contributed by atoms with Gasteiger partial charge >= 0.3 is 0 Å². The van der Waals surface area contributed by atoms with Crippen LogP contribution in [0.4, 0.5) is 5.69 Å². The van der Waals surface area contributed by atoms with Crippen molar-refractivity contribution in [3.8, 4) is 0 Å². The third-order valence-electron chi connectivity index (χ3n) is 3.80. The number of hydrogen-bond donors (Lipinski definition) is 1. The molecule has 0 aromatic heterocycles. The van der Waals surface area contributed by atoms with Gasteiger partial charge in [0.1, 0.15) is 0 Å². The summed E-state index contributed by atoms with van der Waals surface area (Å²) in [5.41, 5.74) is 2.55. The molecule has 0 heterocycles. The predicted octanol–water partition coefficient (Wildman–Crippen LogP) is 5.14. The molecular formula is C15H22BrN. The quantitative estimate of drug-likeness (QED) is 0.745. The first-order valence-corrected chi connectivity index (χ1v) is 7.47. The summed E-state index contributed by atoms with van der Waals surface area (Å²) in [6, 6.07) is 7.22. The van der Waals surface area contributed by atoms with E-state index in [0.29, 0.717) is 6.04 Å². The van der Waals surface area contributed by atoms with E-state index in [-0.39, 0.29) is 0 Å². The van der Waals surface area contributed by atoms with E-state index < -0.39 is 0 Å². The van der Waals surface area contributed by atoms with Crippen molar-refractivity contribution in [3.05, 3.63) is 28.2 Å². The van der Waals surface area contributed by atoms with Crippen molar-refractivity contribution < 1.29 is 0 Å². The van der Waals surface area contributed by atoms with Crippen LogP contribution in [0.1, 0.15) is 44.6 Å². The van der Waals surface area contributed by atoms with Crippen molar-refractivity contribution in [2.45, 2.75) is 52.0 Å². The lowest BCUT2D eigenvalue weighted by atomic mass is 10.0. The van der Waals surface area contributed by atoms with Gasteiger partial charge in [0.2, 0.25) is 0 Å². The second kappa shape index (κ2) is 5.90. The van der Waals surface area contributed by atoms with Gasteiger partial charge in [0.15, 0.2) is 0 Å². The fraction of sp³-hybridized carbons (Fsp3) is 0.600. The second-order valence-corrected chi connectivity index (χ2v) is 6.27. The van der Waals surface area contributed by atoms with Crippen LogP contribution < -0.4 is 5.32 Å². The Morgan fingerprint density at radius 3 is 2.76 bits per heavy atom. The highest BCUT2D eigenvalue weighted by molar-refractivity contribution is 9.10. The molecule has 17 heavy (non-hydrogen) atoms. The summed E-state index contributed by atoms with van der Waals surface area (Å²) in [4.78, 5) is 0. The second-order valence-electron chi connectivity index (χ2n) is 5.42. The van der Waals surface area contributed by atoms with Crippen molar-refractivity contribution in [1.82, 2.24) is 0 Å². The molecule has 1 aliphatic rings. The van der Waals surface area contributed by atoms with Gasteiger partial charge in [0.05, 0.1) is 0 Å². The predicted molar refractivity (Wildman–Crippen MR) is 78.5 cm³/mol. The van der Waals surface area contributed by atoms with Gasteiger partial charge in [-0.15, -0.1) is 0 Å². The first kappa shape index (κ1) is 12.9. The van der Waals surface area contributed by atoms with E-state index in [9.17, 15) is 0 Å². The SMILES string of the molecule is Cc1ccc(NC2CCCC(C)CC2)cc1Br. The molecule has 94 valence electrons. The Labute approximate surface area is 113 Å². The standard InChI is InChI=1S/C15H22BrN/c1-11-4-3-5-13(8-6-11)17-14-9-7-12(2)15(16)10-14/h7,9-11,13,17H,3-6,8H2,1-2H3. The molecular weight excluding hydrogens is 274 g/mol. The maximum atomic E-state index is 3.68. The lowest BCUT2D eigenvalue weighted by molar-refractivity contribution is 0.502. The molecule has 0 aliphatic heterocycles. The van der Waals surface area contributed by atoms with Gasteiger partial charge in [-0.05, 0) is 49.8 Å². The Morgan fingerprint density at radius 2 is 2.00 bits per heavy atom. The van der Waals surface area contributed by atoms with Crippen LogP contribution in [0.15, 0.2) is 22.7 Å². The summed E-state index contributed by atoms with van der Waals surface area (Å²) >= 11 is 3.60. The van der Waals surface area contributed by atoms with Crippen LogP contribution in [-0.2, 0) is 0 Å². The Kier molecular flexibility index (Phi) is 4.49. The number of rotatable bonds is 2.